The van der Waals surface area contributed by atoms with Crippen LogP contribution in [0, 0.1) is 27.7 Å². The molecule has 80 heavy (non-hydrogen) atoms. The van der Waals surface area contributed by atoms with Gasteiger partial charge in [0, 0.05) is 55.7 Å². The maximum atomic E-state index is 6.32. The zero-order valence-corrected chi connectivity index (χ0v) is 45.1. The molecular weight excluding hydrogens is 973 g/mol. The molecular formula is C76H56N2O2. The van der Waals surface area contributed by atoms with Crippen LogP contribution >= 0.6 is 0 Å². The first-order chi connectivity index (χ1) is 39.2. The fourth-order valence-electron chi connectivity index (χ4n) is 11.7. The van der Waals surface area contributed by atoms with Crippen molar-refractivity contribution in [2.75, 3.05) is 9.80 Å². The van der Waals surface area contributed by atoms with E-state index in [1.807, 2.05) is 0 Å². The number of aryl methyl sites for hydroxylation is 4. The van der Waals surface area contributed by atoms with Crippen LogP contribution in [0.3, 0.4) is 0 Å². The van der Waals surface area contributed by atoms with E-state index in [0.717, 1.165) is 111 Å². The first kappa shape index (κ1) is 48.2. The van der Waals surface area contributed by atoms with Gasteiger partial charge in [-0.25, -0.2) is 0 Å². The monoisotopic (exact) mass is 1030 g/mol. The van der Waals surface area contributed by atoms with Crippen LogP contribution in [0.1, 0.15) is 22.3 Å². The third-order valence-corrected chi connectivity index (χ3v) is 15.8. The summed E-state index contributed by atoms with van der Waals surface area (Å²) < 4.78 is 12.6. The minimum atomic E-state index is 0.889. The van der Waals surface area contributed by atoms with Crippen LogP contribution in [-0.4, -0.2) is 0 Å². The second kappa shape index (κ2) is 20.0. The molecule has 0 aliphatic carbocycles. The van der Waals surface area contributed by atoms with E-state index in [1.165, 1.54) is 44.5 Å². The molecule has 4 heteroatoms. The Bertz CT molecular complexity index is 4290. The molecule has 382 valence electrons. The Morgan fingerprint density at radius 1 is 0.225 bits per heavy atom. The second-order valence-electron chi connectivity index (χ2n) is 21.2. The molecule has 0 unspecified atom stereocenters. The molecule has 14 aromatic rings. The Morgan fingerprint density at radius 2 is 0.475 bits per heavy atom. The summed E-state index contributed by atoms with van der Waals surface area (Å²) in [6, 6.07) is 96.4. The zero-order valence-electron chi connectivity index (χ0n) is 45.1. The first-order valence-electron chi connectivity index (χ1n) is 27.4. The predicted octanol–water partition coefficient (Wildman–Crippen LogP) is 22.0. The summed E-state index contributed by atoms with van der Waals surface area (Å²) in [6.07, 6.45) is 0. The maximum Gasteiger partial charge on any atom is 0.135 e. The van der Waals surface area contributed by atoms with E-state index in [9.17, 15) is 0 Å². The van der Waals surface area contributed by atoms with Crippen molar-refractivity contribution in [1.29, 1.82) is 0 Å². The molecule has 0 atom stereocenters. The SMILES string of the molecule is Cc1ccc(N(c2ccc(-c3ccc(N(c4ccc(-c5ccc6oc7ccc(-c8ccccc8)cc7c6c5)cc4)c4ccc(C)cc4C)cc3)cc2)c2ccc(-c3ccc4oc5ccc(-c6ccccc6)cc5c4c3)cc2)c(C)c1. The van der Waals surface area contributed by atoms with Gasteiger partial charge in [-0.2, -0.15) is 0 Å². The lowest BCUT2D eigenvalue weighted by Crippen LogP contribution is -2.11. The van der Waals surface area contributed by atoms with Gasteiger partial charge in [-0.15, -0.1) is 0 Å². The van der Waals surface area contributed by atoms with E-state index < -0.39 is 0 Å². The summed E-state index contributed by atoms with van der Waals surface area (Å²) in [5, 5.41) is 4.47. The Morgan fingerprint density at radius 3 is 0.750 bits per heavy atom. The van der Waals surface area contributed by atoms with Gasteiger partial charge in [0.25, 0.3) is 0 Å². The molecule has 12 aromatic carbocycles. The Balaban J connectivity index is 0.751. The normalized spacial score (nSPS) is 11.5. The molecule has 0 saturated heterocycles. The number of fused-ring (bicyclic) bond motifs is 6. The number of furan rings is 2. The fourth-order valence-corrected chi connectivity index (χ4v) is 11.7. The highest BCUT2D eigenvalue weighted by molar-refractivity contribution is 6.09. The van der Waals surface area contributed by atoms with Gasteiger partial charge in [0.15, 0.2) is 0 Å². The van der Waals surface area contributed by atoms with Crippen molar-refractivity contribution in [3.8, 4) is 55.6 Å². The van der Waals surface area contributed by atoms with Crippen LogP contribution in [0.25, 0.3) is 99.5 Å². The molecule has 14 rings (SSSR count). The van der Waals surface area contributed by atoms with Gasteiger partial charge in [0.2, 0.25) is 0 Å². The van der Waals surface area contributed by atoms with Gasteiger partial charge in [0.1, 0.15) is 22.3 Å². The lowest BCUT2D eigenvalue weighted by Gasteiger charge is -2.28. The number of nitrogens with zero attached hydrogens (tertiary/aromatic N) is 2. The molecule has 4 nitrogen and oxygen atoms in total. The van der Waals surface area contributed by atoms with Crippen molar-refractivity contribution in [3.05, 3.63) is 289 Å². The largest absolute Gasteiger partial charge is 0.456 e. The third-order valence-electron chi connectivity index (χ3n) is 15.8. The average molecular weight is 1030 g/mol. The van der Waals surface area contributed by atoms with Crippen molar-refractivity contribution in [1.82, 2.24) is 0 Å². The summed E-state index contributed by atoms with van der Waals surface area (Å²) in [5.74, 6) is 0. The van der Waals surface area contributed by atoms with Crippen LogP contribution < -0.4 is 9.80 Å². The molecule has 0 radical (unpaired) electrons. The highest BCUT2D eigenvalue weighted by atomic mass is 16.3. The Hall–Kier alpha value is -10.2. The highest BCUT2D eigenvalue weighted by Gasteiger charge is 2.19. The quantitative estimate of drug-likeness (QED) is 0.129. The van der Waals surface area contributed by atoms with Gasteiger partial charge in [-0.05, 0) is 204 Å². The van der Waals surface area contributed by atoms with E-state index in [2.05, 4.69) is 304 Å². The smallest absolute Gasteiger partial charge is 0.135 e. The van der Waals surface area contributed by atoms with Crippen LogP contribution in [-0.2, 0) is 0 Å². The van der Waals surface area contributed by atoms with E-state index in [0.29, 0.717) is 0 Å². The summed E-state index contributed by atoms with van der Waals surface area (Å²) in [4.78, 5) is 4.74. The molecule has 0 saturated carbocycles. The molecule has 0 fully saturated rings. The van der Waals surface area contributed by atoms with Gasteiger partial charge in [0.05, 0.1) is 0 Å². The summed E-state index contributed by atoms with van der Waals surface area (Å²) in [7, 11) is 0. The van der Waals surface area contributed by atoms with Gasteiger partial charge in [-0.1, -0.05) is 169 Å². The molecule has 0 aliphatic rings. The maximum absolute atomic E-state index is 6.32. The molecule has 2 heterocycles. The minimum Gasteiger partial charge on any atom is -0.456 e. The van der Waals surface area contributed by atoms with Crippen LogP contribution in [0.5, 0.6) is 0 Å². The van der Waals surface area contributed by atoms with E-state index >= 15 is 0 Å². The van der Waals surface area contributed by atoms with E-state index in [4.69, 9.17) is 8.83 Å². The first-order valence-corrected chi connectivity index (χ1v) is 27.4. The number of hydrogen-bond acceptors (Lipinski definition) is 4. The standard InChI is InChI=1S/C76H56N2O2/c1-49-15-37-71(51(3)43-49)77(65-33-21-57(22-34-65)61-27-41-75-69(47-61)67-45-59(25-39-73(67)79-75)53-11-7-5-8-12-53)63-29-17-55(18-30-63)56-19-31-64(32-20-56)78(72-38-16-50(2)44-52(72)4)66-35-23-58(24-36-66)62-28-42-76-70(48-62)68-46-60(26-40-74(68)80-76)54-13-9-6-10-14-54/h5-48H,1-4H3. The zero-order chi connectivity index (χ0) is 53.8. The number of benzene rings is 12. The third kappa shape index (κ3) is 8.97. The topological polar surface area (TPSA) is 32.8 Å². The van der Waals surface area contributed by atoms with Crippen LogP contribution in [0.15, 0.2) is 276 Å². The summed E-state index contributed by atoms with van der Waals surface area (Å²) in [6.45, 7) is 8.71. The van der Waals surface area contributed by atoms with Gasteiger partial charge >= 0.3 is 0 Å². The molecule has 0 spiro atoms. The second-order valence-corrected chi connectivity index (χ2v) is 21.2. The molecule has 0 aliphatic heterocycles. The highest BCUT2D eigenvalue weighted by Crippen LogP contribution is 2.43. The number of anilines is 6. The summed E-state index contributed by atoms with van der Waals surface area (Å²) in [5.41, 5.74) is 26.7. The van der Waals surface area contributed by atoms with Crippen LogP contribution in [0.4, 0.5) is 34.1 Å². The summed E-state index contributed by atoms with van der Waals surface area (Å²) >= 11 is 0. The average Bonchev–Trinajstić information content (AvgIpc) is 4.08. The number of rotatable bonds is 11. The minimum absolute atomic E-state index is 0.889. The molecule has 0 amide bonds. The predicted molar refractivity (Wildman–Crippen MR) is 336 cm³/mol. The van der Waals surface area contributed by atoms with Crippen molar-refractivity contribution < 1.29 is 8.83 Å². The van der Waals surface area contributed by atoms with Crippen LogP contribution in [0.2, 0.25) is 0 Å². The number of hydrogen-bond donors (Lipinski definition) is 0. The Labute approximate surface area is 466 Å². The fraction of sp³-hybridized carbons (Fsp3) is 0.0526. The molecule has 0 bridgehead atoms. The lowest BCUT2D eigenvalue weighted by atomic mass is 9.99. The lowest BCUT2D eigenvalue weighted by molar-refractivity contribution is 0.668. The van der Waals surface area contributed by atoms with E-state index in [1.54, 1.807) is 0 Å². The molecule has 2 aromatic heterocycles. The van der Waals surface area contributed by atoms with Gasteiger partial charge < -0.3 is 18.6 Å². The van der Waals surface area contributed by atoms with E-state index in [-0.39, 0.29) is 0 Å². The van der Waals surface area contributed by atoms with Crippen molar-refractivity contribution in [2.24, 2.45) is 0 Å². The van der Waals surface area contributed by atoms with Crippen molar-refractivity contribution >= 4 is 78.0 Å². The van der Waals surface area contributed by atoms with Crippen molar-refractivity contribution in [2.45, 2.75) is 27.7 Å². The molecule has 0 N–H and O–H groups in total. The Kier molecular flexibility index (Phi) is 12.1. The van der Waals surface area contributed by atoms with Crippen molar-refractivity contribution in [3.63, 3.8) is 0 Å². The van der Waals surface area contributed by atoms with Gasteiger partial charge in [-0.3, -0.25) is 0 Å².